The van der Waals surface area contributed by atoms with Gasteiger partial charge in [0.2, 0.25) is 0 Å². The molecular formula is C31H43NO3Si2. The molecule has 0 saturated carbocycles. The van der Waals surface area contributed by atoms with Crippen LogP contribution >= 0.6 is 0 Å². The highest BCUT2D eigenvalue weighted by Crippen LogP contribution is 2.41. The van der Waals surface area contributed by atoms with Crippen molar-refractivity contribution in [3.05, 3.63) is 71.8 Å². The van der Waals surface area contributed by atoms with Gasteiger partial charge in [0.1, 0.15) is 20.7 Å². The first-order chi connectivity index (χ1) is 17.2. The minimum atomic E-state index is -1.89. The van der Waals surface area contributed by atoms with Crippen LogP contribution in [-0.4, -0.2) is 35.1 Å². The molecular weight excluding hydrogens is 491 g/mol. The second kappa shape index (κ2) is 11.4. The quantitative estimate of drug-likeness (QED) is 0.278. The van der Waals surface area contributed by atoms with Gasteiger partial charge in [-0.05, 0) is 41.4 Å². The first-order valence-electron chi connectivity index (χ1n) is 13.2. The Morgan fingerprint density at radius 1 is 1.00 bits per heavy atom. The molecule has 0 aliphatic carbocycles. The van der Waals surface area contributed by atoms with Gasteiger partial charge >= 0.3 is 6.09 Å². The average molecular weight is 534 g/mol. The Labute approximate surface area is 226 Å². The van der Waals surface area contributed by atoms with E-state index < -0.39 is 22.4 Å². The lowest BCUT2D eigenvalue weighted by Gasteiger charge is -2.38. The van der Waals surface area contributed by atoms with E-state index in [9.17, 15) is 4.79 Å². The van der Waals surface area contributed by atoms with Gasteiger partial charge in [-0.15, -0.1) is 5.54 Å². The molecule has 0 saturated heterocycles. The summed E-state index contributed by atoms with van der Waals surface area (Å²) in [6.45, 7) is 21.1. The minimum absolute atomic E-state index is 0.149. The SMILES string of the molecule is C[C@@H](CO[Si](C)(C)C(C)(C)C)C1=C[C@H](C#C[Si](C)(C)C)N(C(=O)OCc2ccccc2)c2ccccc21. The fraction of sp³-hybridized carbons (Fsp3) is 0.452. The van der Waals surface area contributed by atoms with Crippen molar-refractivity contribution in [2.24, 2.45) is 5.92 Å². The summed E-state index contributed by atoms with van der Waals surface area (Å²) in [4.78, 5) is 15.2. The van der Waals surface area contributed by atoms with E-state index in [1.54, 1.807) is 4.90 Å². The van der Waals surface area contributed by atoms with Crippen LogP contribution in [0, 0.1) is 17.4 Å². The smallest absolute Gasteiger partial charge is 0.415 e. The predicted molar refractivity (Wildman–Crippen MR) is 161 cm³/mol. The number of ether oxygens (including phenoxy) is 1. The van der Waals surface area contributed by atoms with Gasteiger partial charge in [0.15, 0.2) is 8.32 Å². The Hall–Kier alpha value is -2.60. The van der Waals surface area contributed by atoms with Crippen molar-refractivity contribution in [1.29, 1.82) is 0 Å². The molecule has 1 heterocycles. The van der Waals surface area contributed by atoms with E-state index >= 15 is 0 Å². The van der Waals surface area contributed by atoms with Crippen molar-refractivity contribution in [2.75, 3.05) is 11.5 Å². The standard InChI is InChI=1S/C31H43NO3Si2/c1-24(22-35-37(8,9)31(2,3)4)28-21-26(19-20-36(5,6)7)32(29-18-14-13-17-27(28)29)30(33)34-23-25-15-11-10-12-16-25/h10-18,21,24,26H,22-23H2,1-9H3/t24-,26-/m0/s1. The summed E-state index contributed by atoms with van der Waals surface area (Å²) in [5, 5.41) is 0.149. The van der Waals surface area contributed by atoms with E-state index in [1.165, 1.54) is 5.57 Å². The van der Waals surface area contributed by atoms with Crippen LogP contribution < -0.4 is 4.90 Å². The van der Waals surface area contributed by atoms with E-state index in [4.69, 9.17) is 9.16 Å². The third kappa shape index (κ3) is 7.47. The maximum Gasteiger partial charge on any atom is 0.415 e. The van der Waals surface area contributed by atoms with E-state index in [2.05, 4.69) is 84.0 Å². The van der Waals surface area contributed by atoms with Gasteiger partial charge < -0.3 is 9.16 Å². The van der Waals surface area contributed by atoms with E-state index in [0.717, 1.165) is 16.8 Å². The van der Waals surface area contributed by atoms with Crippen molar-refractivity contribution in [3.63, 3.8) is 0 Å². The maximum atomic E-state index is 13.5. The molecule has 3 rings (SSSR count). The summed E-state index contributed by atoms with van der Waals surface area (Å²) < 4.78 is 12.4. The number of hydrogen-bond donors (Lipinski definition) is 0. The van der Waals surface area contributed by atoms with Crippen LogP contribution in [0.4, 0.5) is 10.5 Å². The summed E-state index contributed by atoms with van der Waals surface area (Å²) in [5.74, 6) is 3.60. The third-order valence-corrected chi connectivity index (χ3v) is 12.5. The molecule has 2 atom stereocenters. The molecule has 37 heavy (non-hydrogen) atoms. The van der Waals surface area contributed by atoms with Crippen molar-refractivity contribution in [3.8, 4) is 11.5 Å². The highest BCUT2D eigenvalue weighted by molar-refractivity contribution is 6.83. The number of hydrogen-bond acceptors (Lipinski definition) is 3. The van der Waals surface area contributed by atoms with Gasteiger partial charge in [0.25, 0.3) is 0 Å². The molecule has 2 aromatic carbocycles. The van der Waals surface area contributed by atoms with Gasteiger partial charge in [0.05, 0.1) is 5.69 Å². The Morgan fingerprint density at radius 3 is 2.24 bits per heavy atom. The molecule has 2 aromatic rings. The lowest BCUT2D eigenvalue weighted by molar-refractivity contribution is 0.146. The molecule has 198 valence electrons. The van der Waals surface area contributed by atoms with Gasteiger partial charge in [-0.25, -0.2) is 4.79 Å². The lowest BCUT2D eigenvalue weighted by atomic mass is 9.88. The minimum Gasteiger partial charge on any atom is -0.444 e. The Balaban J connectivity index is 1.96. The van der Waals surface area contributed by atoms with Crippen LogP contribution in [-0.2, 0) is 15.8 Å². The average Bonchev–Trinajstić information content (AvgIpc) is 2.83. The zero-order valence-electron chi connectivity index (χ0n) is 24.0. The van der Waals surface area contributed by atoms with E-state index in [-0.39, 0.29) is 23.7 Å². The van der Waals surface area contributed by atoms with Gasteiger partial charge in [-0.1, -0.05) is 102 Å². The van der Waals surface area contributed by atoms with Crippen molar-refractivity contribution in [2.45, 2.75) is 78.1 Å². The fourth-order valence-electron chi connectivity index (χ4n) is 3.88. The van der Waals surface area contributed by atoms with E-state index in [0.29, 0.717) is 6.61 Å². The maximum absolute atomic E-state index is 13.5. The zero-order valence-corrected chi connectivity index (χ0v) is 26.0. The number of amides is 1. The number of anilines is 1. The third-order valence-electron chi connectivity index (χ3n) is 7.12. The number of carbonyl (C=O) groups is 1. The summed E-state index contributed by atoms with van der Waals surface area (Å²) in [7, 11) is -3.56. The van der Waals surface area contributed by atoms with Crippen molar-refractivity contribution >= 4 is 33.7 Å². The molecule has 0 fully saturated rings. The predicted octanol–water partition coefficient (Wildman–Crippen LogP) is 8.13. The molecule has 0 spiro atoms. The summed E-state index contributed by atoms with van der Waals surface area (Å²) in [5.41, 5.74) is 7.50. The topological polar surface area (TPSA) is 38.8 Å². The summed E-state index contributed by atoms with van der Waals surface area (Å²) in [6.07, 6.45) is 1.77. The molecule has 1 aliphatic rings. The normalized spacial score (nSPS) is 16.7. The fourth-order valence-corrected chi connectivity index (χ4v) is 5.56. The molecule has 4 nitrogen and oxygen atoms in total. The zero-order chi connectivity index (χ0) is 27.4. The van der Waals surface area contributed by atoms with Crippen LogP contribution in [0.1, 0.15) is 38.8 Å². The second-order valence-electron chi connectivity index (χ2n) is 12.5. The Morgan fingerprint density at radius 2 is 1.62 bits per heavy atom. The van der Waals surface area contributed by atoms with Gasteiger partial charge in [0, 0.05) is 18.1 Å². The molecule has 0 unspecified atom stereocenters. The number of nitrogens with zero attached hydrogens (tertiary/aromatic N) is 1. The highest BCUT2D eigenvalue weighted by Gasteiger charge is 2.38. The van der Waals surface area contributed by atoms with Crippen molar-refractivity contribution < 1.29 is 14.0 Å². The van der Waals surface area contributed by atoms with Crippen molar-refractivity contribution in [1.82, 2.24) is 0 Å². The summed E-state index contributed by atoms with van der Waals surface area (Å²) in [6, 6.07) is 17.5. The number of fused-ring (bicyclic) bond motifs is 1. The number of benzene rings is 2. The van der Waals surface area contributed by atoms with Gasteiger partial charge in [-0.2, -0.15) is 0 Å². The second-order valence-corrected chi connectivity index (χ2v) is 22.0. The van der Waals surface area contributed by atoms with Crippen LogP contribution in [0.5, 0.6) is 0 Å². The lowest BCUT2D eigenvalue weighted by Crippen LogP contribution is -2.43. The summed E-state index contributed by atoms with van der Waals surface area (Å²) >= 11 is 0. The van der Waals surface area contributed by atoms with Crippen LogP contribution in [0.15, 0.2) is 60.7 Å². The van der Waals surface area contributed by atoms with Gasteiger partial charge in [-0.3, -0.25) is 4.90 Å². The first-order valence-corrected chi connectivity index (χ1v) is 19.6. The monoisotopic (exact) mass is 533 g/mol. The first kappa shape index (κ1) is 29.0. The Kier molecular flexibility index (Phi) is 8.95. The molecule has 1 aliphatic heterocycles. The highest BCUT2D eigenvalue weighted by atomic mass is 28.4. The Bertz CT molecular complexity index is 1180. The molecule has 1 amide bonds. The number of para-hydroxylation sites is 1. The van der Waals surface area contributed by atoms with Crippen LogP contribution in [0.3, 0.4) is 0 Å². The molecule has 0 bridgehead atoms. The largest absolute Gasteiger partial charge is 0.444 e. The molecule has 0 radical (unpaired) electrons. The molecule has 6 heteroatoms. The molecule has 0 N–H and O–H groups in total. The number of rotatable bonds is 6. The van der Waals surface area contributed by atoms with E-state index in [1.807, 2.05) is 48.5 Å². The van der Waals surface area contributed by atoms with Crippen LogP contribution in [0.25, 0.3) is 5.57 Å². The number of carbonyl (C=O) groups excluding carboxylic acids is 1. The van der Waals surface area contributed by atoms with Crippen LogP contribution in [0.2, 0.25) is 37.8 Å². The molecule has 0 aromatic heterocycles.